The molecule has 0 aromatic heterocycles. The maximum Gasteiger partial charge on any atom is 0.0713 e. The summed E-state index contributed by atoms with van der Waals surface area (Å²) in [6, 6.07) is 74.3. The zero-order valence-corrected chi connectivity index (χ0v) is 38.7. The van der Waals surface area contributed by atoms with Gasteiger partial charge < -0.3 is 4.90 Å². The third-order valence-electron chi connectivity index (χ3n) is 15.4. The summed E-state index contributed by atoms with van der Waals surface area (Å²) in [7, 11) is 0. The second-order valence-electron chi connectivity index (χ2n) is 19.7. The number of rotatable bonds is 7. The summed E-state index contributed by atoms with van der Waals surface area (Å²) >= 11 is 0. The van der Waals surface area contributed by atoms with Gasteiger partial charge in [0, 0.05) is 27.9 Å². The van der Waals surface area contributed by atoms with Crippen LogP contribution in [0, 0.1) is 0 Å². The molecule has 0 saturated carbocycles. The van der Waals surface area contributed by atoms with E-state index in [0.717, 1.165) is 67.0 Å². The van der Waals surface area contributed by atoms with Crippen molar-refractivity contribution in [2.75, 3.05) is 4.90 Å². The van der Waals surface area contributed by atoms with Crippen LogP contribution in [0.4, 0.5) is 17.1 Å². The highest BCUT2D eigenvalue weighted by molar-refractivity contribution is 5.96. The molecule has 0 amide bonds. The molecule has 0 atom stereocenters. The van der Waals surface area contributed by atoms with E-state index in [9.17, 15) is 5.48 Å². The molecule has 0 fully saturated rings. The first kappa shape index (κ1) is 36.2. The summed E-state index contributed by atoms with van der Waals surface area (Å²) in [4.78, 5) is 1.99. The Morgan fingerprint density at radius 1 is 0.309 bits per heavy atom. The van der Waals surface area contributed by atoms with Crippen molar-refractivity contribution in [1.29, 1.82) is 0 Å². The Kier molecular flexibility index (Phi) is 7.98. The molecule has 0 spiro atoms. The molecule has 0 saturated heterocycles. The molecular weight excluding hydrogens is 819 g/mol. The van der Waals surface area contributed by atoms with Gasteiger partial charge in [0.15, 0.2) is 0 Å². The standard InChI is InChI=1S/C67H51N/c1-65(2)58-28-16-14-25-53(58)55-39-36-50(42-62(55)65)68(51-37-40-56-54-38-33-46(44-19-8-5-9-20-44)41-61(54)66(3,4)63(56)43-51)49-34-31-45(32-35-49)52-27-18-30-60-64(52)57-26-15-17-29-59(57)67(60,47-21-10-6-11-22-47)48-23-12-7-13-24-48/h5-43H,1-4H3/i31D,32D,34D,35D. The lowest BCUT2D eigenvalue weighted by Crippen LogP contribution is -2.28. The van der Waals surface area contributed by atoms with Crippen LogP contribution in [0.5, 0.6) is 0 Å². The van der Waals surface area contributed by atoms with Gasteiger partial charge in [-0.15, -0.1) is 0 Å². The van der Waals surface area contributed by atoms with E-state index in [1.54, 1.807) is 0 Å². The van der Waals surface area contributed by atoms with Crippen molar-refractivity contribution in [3.63, 3.8) is 0 Å². The predicted molar refractivity (Wildman–Crippen MR) is 284 cm³/mol. The number of hydrogen-bond donors (Lipinski definition) is 0. The van der Waals surface area contributed by atoms with Crippen molar-refractivity contribution in [3.05, 3.63) is 281 Å². The van der Waals surface area contributed by atoms with Gasteiger partial charge in [-0.05, 0) is 143 Å². The molecule has 0 bridgehead atoms. The molecular formula is C67H51N. The molecule has 0 aliphatic heterocycles. The fraction of sp³-hybridized carbons (Fsp3) is 0.104. The normalized spacial score (nSPS) is 15.6. The molecule has 0 radical (unpaired) electrons. The number of nitrogens with zero attached hydrogens (tertiary/aromatic N) is 1. The van der Waals surface area contributed by atoms with Crippen molar-refractivity contribution >= 4 is 17.1 Å². The highest BCUT2D eigenvalue weighted by atomic mass is 15.1. The molecule has 13 rings (SSSR count). The highest BCUT2D eigenvalue weighted by Crippen LogP contribution is 2.59. The predicted octanol–water partition coefficient (Wildman–Crippen LogP) is 17.5. The van der Waals surface area contributed by atoms with E-state index in [2.05, 4.69) is 210 Å². The Balaban J connectivity index is 1.03. The second kappa shape index (κ2) is 15.0. The minimum absolute atomic E-state index is 0.0879. The largest absolute Gasteiger partial charge is 0.310 e. The van der Waals surface area contributed by atoms with Crippen molar-refractivity contribution < 1.29 is 5.48 Å². The first-order valence-corrected chi connectivity index (χ1v) is 23.8. The Morgan fingerprint density at radius 2 is 0.765 bits per heavy atom. The summed E-state index contributed by atoms with van der Waals surface area (Å²) in [6.45, 7) is 9.08. The van der Waals surface area contributed by atoms with Gasteiger partial charge in [0.05, 0.1) is 10.9 Å². The Morgan fingerprint density at radius 3 is 1.38 bits per heavy atom. The van der Waals surface area contributed by atoms with Crippen LogP contribution in [0.25, 0.3) is 55.6 Å². The summed E-state index contributed by atoms with van der Waals surface area (Å²) in [5.74, 6) is 0. The van der Waals surface area contributed by atoms with Crippen LogP contribution in [0.1, 0.15) is 77.7 Å². The molecule has 3 aliphatic carbocycles. The van der Waals surface area contributed by atoms with E-state index in [1.165, 1.54) is 33.4 Å². The minimum atomic E-state index is -0.690. The van der Waals surface area contributed by atoms with Gasteiger partial charge >= 0.3 is 0 Å². The molecule has 1 heteroatoms. The maximum atomic E-state index is 10.2. The van der Waals surface area contributed by atoms with Crippen LogP contribution >= 0.6 is 0 Å². The van der Waals surface area contributed by atoms with Gasteiger partial charge in [-0.2, -0.15) is 0 Å². The third-order valence-corrected chi connectivity index (χ3v) is 15.4. The summed E-state index contributed by atoms with van der Waals surface area (Å²) in [5.41, 5.74) is 19.5. The zero-order valence-electron chi connectivity index (χ0n) is 42.7. The molecule has 10 aromatic carbocycles. The third kappa shape index (κ3) is 5.75. The minimum Gasteiger partial charge on any atom is -0.310 e. The van der Waals surface area contributed by atoms with E-state index in [1.807, 2.05) is 35.2 Å². The topological polar surface area (TPSA) is 3.24 Å². The van der Waals surface area contributed by atoms with Gasteiger partial charge in [0.1, 0.15) is 0 Å². The molecule has 324 valence electrons. The summed E-state index contributed by atoms with van der Waals surface area (Å²) < 4.78 is 40.6. The fourth-order valence-electron chi connectivity index (χ4n) is 12.2. The molecule has 0 N–H and O–H groups in total. The van der Waals surface area contributed by atoms with Crippen LogP contribution in [0.2, 0.25) is 0 Å². The Hall–Kier alpha value is -8.00. The molecule has 68 heavy (non-hydrogen) atoms. The SMILES string of the molecule is [2H]c1c([2H])c(N(c2ccc3c(c2)C(C)(C)c2ccccc2-3)c2ccc3c(c2)C(C)(C)c2cc(-c4ccccc4)ccc2-3)c([2H])c([2H])c1-c1cccc2c1-c1ccccc1C2(c1ccccc1)c1ccccc1. The summed E-state index contributed by atoms with van der Waals surface area (Å²) in [6.07, 6.45) is 0. The molecule has 3 aliphatic rings. The van der Waals surface area contributed by atoms with Crippen LogP contribution in [0.15, 0.2) is 236 Å². The number of fused-ring (bicyclic) bond motifs is 9. The highest BCUT2D eigenvalue weighted by Gasteiger charge is 2.47. The lowest BCUT2D eigenvalue weighted by Gasteiger charge is -2.34. The van der Waals surface area contributed by atoms with Crippen LogP contribution in [-0.2, 0) is 16.2 Å². The fourth-order valence-corrected chi connectivity index (χ4v) is 12.2. The molecule has 1 nitrogen and oxygen atoms in total. The number of benzene rings is 10. The van der Waals surface area contributed by atoms with Crippen LogP contribution in [-0.4, -0.2) is 0 Å². The Bertz CT molecular complexity index is 3790. The monoisotopic (exact) mass is 873 g/mol. The van der Waals surface area contributed by atoms with E-state index < -0.39 is 5.41 Å². The Labute approximate surface area is 406 Å². The van der Waals surface area contributed by atoms with Crippen LogP contribution in [0.3, 0.4) is 0 Å². The van der Waals surface area contributed by atoms with Gasteiger partial charge in [-0.3, -0.25) is 0 Å². The lowest BCUT2D eigenvalue weighted by molar-refractivity contribution is 0.660. The average Bonchev–Trinajstić information content (AvgIpc) is 3.95. The summed E-state index contributed by atoms with van der Waals surface area (Å²) in [5, 5.41) is 0. The van der Waals surface area contributed by atoms with Crippen molar-refractivity contribution in [3.8, 4) is 55.6 Å². The maximum absolute atomic E-state index is 10.2. The van der Waals surface area contributed by atoms with E-state index in [0.29, 0.717) is 5.56 Å². The molecule has 0 unspecified atom stereocenters. The van der Waals surface area contributed by atoms with Crippen molar-refractivity contribution in [2.24, 2.45) is 0 Å². The van der Waals surface area contributed by atoms with E-state index >= 15 is 0 Å². The van der Waals surface area contributed by atoms with Gasteiger partial charge in [-0.25, -0.2) is 0 Å². The number of anilines is 3. The molecule has 0 heterocycles. The van der Waals surface area contributed by atoms with Gasteiger partial charge in [-0.1, -0.05) is 222 Å². The van der Waals surface area contributed by atoms with Crippen molar-refractivity contribution in [2.45, 2.75) is 43.9 Å². The van der Waals surface area contributed by atoms with E-state index in [-0.39, 0.29) is 46.3 Å². The van der Waals surface area contributed by atoms with Crippen molar-refractivity contribution in [1.82, 2.24) is 0 Å². The first-order valence-electron chi connectivity index (χ1n) is 25.8. The quantitative estimate of drug-likeness (QED) is 0.154. The second-order valence-corrected chi connectivity index (χ2v) is 19.7. The van der Waals surface area contributed by atoms with Crippen LogP contribution < -0.4 is 4.90 Å². The number of hydrogen-bond acceptors (Lipinski definition) is 1. The zero-order chi connectivity index (χ0) is 49.3. The smallest absolute Gasteiger partial charge is 0.0713 e. The average molecular weight is 874 g/mol. The first-order chi connectivity index (χ1) is 34.9. The van der Waals surface area contributed by atoms with Gasteiger partial charge in [0.2, 0.25) is 0 Å². The lowest BCUT2D eigenvalue weighted by atomic mass is 9.67. The van der Waals surface area contributed by atoms with Gasteiger partial charge in [0.25, 0.3) is 0 Å². The molecule has 10 aromatic rings. The van der Waals surface area contributed by atoms with E-state index in [4.69, 9.17) is 0 Å².